The summed E-state index contributed by atoms with van der Waals surface area (Å²) in [6.07, 6.45) is 2.71. The molecule has 0 radical (unpaired) electrons. The van der Waals surface area contributed by atoms with E-state index in [9.17, 15) is 0 Å². The van der Waals surface area contributed by atoms with Crippen LogP contribution in [0.3, 0.4) is 0 Å². The van der Waals surface area contributed by atoms with Crippen molar-refractivity contribution in [2.75, 3.05) is 39.5 Å². The lowest BCUT2D eigenvalue weighted by Gasteiger charge is -2.28. The fraction of sp³-hybridized carbons (Fsp3) is 0.800. The lowest BCUT2D eigenvalue weighted by molar-refractivity contribution is 0.553. The van der Waals surface area contributed by atoms with Crippen LogP contribution in [0.2, 0.25) is 0 Å². The molecule has 2 nitrogen and oxygen atoms in total. The van der Waals surface area contributed by atoms with Gasteiger partial charge in [0.25, 0.3) is 0 Å². The second kappa shape index (κ2) is 3.05. The fourth-order valence-electron chi connectivity index (χ4n) is 2.49. The summed E-state index contributed by atoms with van der Waals surface area (Å²) in [5.74, 6) is 0. The molecule has 0 aromatic heterocycles. The molecule has 2 rings (SSSR count). The number of rotatable bonds is 0. The van der Waals surface area contributed by atoms with E-state index in [2.05, 4.69) is 37.3 Å². The first-order chi connectivity index (χ1) is 6.06. The van der Waals surface area contributed by atoms with Crippen LogP contribution in [-0.4, -0.2) is 48.8 Å². The van der Waals surface area contributed by atoms with Crippen LogP contribution in [0.4, 0.5) is 0 Å². The molecule has 0 aromatic rings. The van der Waals surface area contributed by atoms with Gasteiger partial charge in [-0.1, -0.05) is 0 Å². The zero-order chi connectivity index (χ0) is 9.64. The number of allylic oxidation sites excluding steroid dienone is 2. The molecular weight excluding hydrogens is 179 g/mol. The normalized spacial score (nSPS) is 29.5. The maximum atomic E-state index is 2.63. The lowest BCUT2D eigenvalue weighted by atomic mass is 10.2. The van der Waals surface area contributed by atoms with Gasteiger partial charge in [-0.3, -0.25) is 0 Å². The van der Waals surface area contributed by atoms with E-state index in [1.165, 1.54) is 25.4 Å². The van der Waals surface area contributed by atoms with Gasteiger partial charge < -0.3 is 0 Å². The van der Waals surface area contributed by atoms with Crippen LogP contribution in [0.15, 0.2) is 11.1 Å². The van der Waals surface area contributed by atoms with E-state index in [1.807, 2.05) is 0 Å². The minimum Gasteiger partial charge on any atom is -0.165 e. The van der Waals surface area contributed by atoms with E-state index in [1.54, 1.807) is 11.1 Å². The van der Waals surface area contributed by atoms with Crippen LogP contribution in [0, 0.1) is 0 Å². The minimum absolute atomic E-state index is 0.899. The molecular formula is C10H20N2P+. The Hall–Kier alpha value is 0.0900. The van der Waals surface area contributed by atoms with Crippen molar-refractivity contribution in [2.24, 2.45) is 0 Å². The van der Waals surface area contributed by atoms with Crippen molar-refractivity contribution >= 4 is 7.56 Å². The summed E-state index contributed by atoms with van der Waals surface area (Å²) in [5, 5.41) is 0. The van der Waals surface area contributed by atoms with E-state index in [0.717, 1.165) is 0 Å². The Kier molecular flexibility index (Phi) is 2.26. The molecule has 3 heteroatoms. The van der Waals surface area contributed by atoms with Crippen LogP contribution >= 0.6 is 7.56 Å². The van der Waals surface area contributed by atoms with Gasteiger partial charge in [-0.05, 0) is 25.0 Å². The molecule has 0 amide bonds. The molecule has 0 aliphatic carbocycles. The second-order valence-electron chi connectivity index (χ2n) is 4.52. The highest BCUT2D eigenvalue weighted by Crippen LogP contribution is 2.70. The quantitative estimate of drug-likeness (QED) is 0.435. The van der Waals surface area contributed by atoms with Crippen molar-refractivity contribution in [2.45, 2.75) is 13.8 Å². The average molecular weight is 199 g/mol. The zero-order valence-electron chi connectivity index (χ0n) is 9.17. The molecule has 0 aromatic carbocycles. The number of likely N-dealkylation sites (N-methyl/N-ethyl adjacent to an activating group) is 2. The van der Waals surface area contributed by atoms with Gasteiger partial charge in [0.05, 0.1) is 13.1 Å². The van der Waals surface area contributed by atoms with Crippen LogP contribution in [0.25, 0.3) is 0 Å². The molecule has 2 aliphatic rings. The van der Waals surface area contributed by atoms with Crippen molar-refractivity contribution in [3.05, 3.63) is 11.1 Å². The Balaban J connectivity index is 2.25. The van der Waals surface area contributed by atoms with Gasteiger partial charge in [0.15, 0.2) is 7.56 Å². The summed E-state index contributed by atoms with van der Waals surface area (Å²) in [5.41, 5.74) is 3.29. The van der Waals surface area contributed by atoms with Gasteiger partial charge in [0.2, 0.25) is 0 Å². The highest BCUT2D eigenvalue weighted by Gasteiger charge is 2.54. The molecule has 1 saturated heterocycles. The third-order valence-corrected chi connectivity index (χ3v) is 8.63. The maximum absolute atomic E-state index is 2.63. The molecule has 0 unspecified atom stereocenters. The Morgan fingerprint density at radius 2 is 1.31 bits per heavy atom. The zero-order valence-corrected chi connectivity index (χ0v) is 10.1. The molecule has 2 aliphatic heterocycles. The van der Waals surface area contributed by atoms with Crippen LogP contribution in [0.1, 0.15) is 13.8 Å². The molecule has 0 N–H and O–H groups in total. The van der Waals surface area contributed by atoms with Gasteiger partial charge in [0, 0.05) is 14.1 Å². The van der Waals surface area contributed by atoms with E-state index >= 15 is 0 Å². The summed E-state index contributed by atoms with van der Waals surface area (Å²) in [6.45, 7) is 7.16. The van der Waals surface area contributed by atoms with Crippen molar-refractivity contribution in [1.82, 2.24) is 9.34 Å². The smallest absolute Gasteiger partial charge is 0.160 e. The first-order valence-corrected chi connectivity index (χ1v) is 7.08. The Labute approximate surface area is 82.0 Å². The summed E-state index contributed by atoms with van der Waals surface area (Å²) in [7, 11) is 3.72. The Bertz CT molecular complexity index is 234. The van der Waals surface area contributed by atoms with Crippen LogP contribution in [-0.2, 0) is 0 Å². The number of hydrogen-bond acceptors (Lipinski definition) is 2. The lowest BCUT2D eigenvalue weighted by Crippen LogP contribution is -2.22. The third-order valence-electron chi connectivity index (χ3n) is 3.73. The SMILES string of the molecule is CC1=C(C)C[P+]2(C1)N(C)CCN2C. The first-order valence-electron chi connectivity index (χ1n) is 5.02. The highest BCUT2D eigenvalue weighted by molar-refractivity contribution is 7.72. The predicted octanol–water partition coefficient (Wildman–Crippen LogP) is 2.06. The topological polar surface area (TPSA) is 6.48 Å². The molecule has 1 spiro atoms. The summed E-state index contributed by atoms with van der Waals surface area (Å²) in [4.78, 5) is 0. The standard InChI is InChI=1S/C10H20N2P/c1-9-7-13(8-10(9)2)11(3)5-6-12(13)4/h5-8H2,1-4H3/q+1. The molecule has 0 saturated carbocycles. The summed E-state index contributed by atoms with van der Waals surface area (Å²) < 4.78 is 5.26. The molecule has 0 bridgehead atoms. The second-order valence-corrected chi connectivity index (χ2v) is 8.27. The first kappa shape index (κ1) is 9.64. The predicted molar refractivity (Wildman–Crippen MR) is 60.3 cm³/mol. The highest BCUT2D eigenvalue weighted by atomic mass is 31.2. The number of nitrogens with zero attached hydrogens (tertiary/aromatic N) is 2. The molecule has 0 atom stereocenters. The van der Waals surface area contributed by atoms with E-state index in [0.29, 0.717) is 0 Å². The largest absolute Gasteiger partial charge is 0.165 e. The van der Waals surface area contributed by atoms with Crippen LogP contribution in [0.5, 0.6) is 0 Å². The maximum Gasteiger partial charge on any atom is 0.160 e. The van der Waals surface area contributed by atoms with Crippen molar-refractivity contribution < 1.29 is 0 Å². The third kappa shape index (κ3) is 1.27. The van der Waals surface area contributed by atoms with E-state index in [4.69, 9.17) is 0 Å². The molecule has 13 heavy (non-hydrogen) atoms. The van der Waals surface area contributed by atoms with Crippen molar-refractivity contribution in [1.29, 1.82) is 0 Å². The van der Waals surface area contributed by atoms with Gasteiger partial charge in [0.1, 0.15) is 12.3 Å². The monoisotopic (exact) mass is 199 g/mol. The summed E-state index contributed by atoms with van der Waals surface area (Å²) >= 11 is 0. The Morgan fingerprint density at radius 3 is 1.69 bits per heavy atom. The average Bonchev–Trinajstić information content (AvgIpc) is 2.50. The molecule has 74 valence electrons. The number of hydrogen-bond donors (Lipinski definition) is 0. The minimum atomic E-state index is -0.899. The van der Waals surface area contributed by atoms with Gasteiger partial charge in [-0.15, -0.1) is 0 Å². The molecule has 1 fully saturated rings. The van der Waals surface area contributed by atoms with Crippen molar-refractivity contribution in [3.8, 4) is 0 Å². The fourth-order valence-corrected chi connectivity index (χ4v) is 7.07. The summed E-state index contributed by atoms with van der Waals surface area (Å²) in [6, 6.07) is 0. The molecule has 2 heterocycles. The van der Waals surface area contributed by atoms with Crippen molar-refractivity contribution in [3.63, 3.8) is 0 Å². The van der Waals surface area contributed by atoms with E-state index < -0.39 is 7.56 Å². The van der Waals surface area contributed by atoms with Gasteiger partial charge in [-0.2, -0.15) is 9.34 Å². The van der Waals surface area contributed by atoms with E-state index in [-0.39, 0.29) is 0 Å². The van der Waals surface area contributed by atoms with Crippen LogP contribution < -0.4 is 0 Å². The van der Waals surface area contributed by atoms with Gasteiger partial charge in [-0.25, -0.2) is 0 Å². The Morgan fingerprint density at radius 1 is 0.923 bits per heavy atom. The van der Waals surface area contributed by atoms with Gasteiger partial charge >= 0.3 is 0 Å².